The predicted molar refractivity (Wildman–Crippen MR) is 223 cm³/mol. The molecule has 0 spiro atoms. The number of thiophene rings is 1. The molecule has 12 rings (SSSR count). The van der Waals surface area contributed by atoms with Crippen molar-refractivity contribution < 1.29 is 0 Å². The Morgan fingerprint density at radius 1 is 0.255 bits per heavy atom. The maximum atomic E-state index is 2.41. The van der Waals surface area contributed by atoms with Crippen molar-refractivity contribution in [3.8, 4) is 33.4 Å². The fourth-order valence-corrected chi connectivity index (χ4v) is 10.2. The molecular formula is C50H28S. The molecule has 0 saturated heterocycles. The summed E-state index contributed by atoms with van der Waals surface area (Å²) >= 11 is 1.91. The third-order valence-corrected chi connectivity index (χ3v) is 12.5. The Morgan fingerprint density at radius 2 is 0.647 bits per heavy atom. The van der Waals surface area contributed by atoms with Crippen molar-refractivity contribution in [2.24, 2.45) is 0 Å². The Bertz CT molecular complexity index is 3330. The minimum absolute atomic E-state index is 1.26. The van der Waals surface area contributed by atoms with Crippen LogP contribution in [-0.2, 0) is 0 Å². The lowest BCUT2D eigenvalue weighted by Gasteiger charge is -2.16. The quantitative estimate of drug-likeness (QED) is 0.165. The highest BCUT2D eigenvalue weighted by Crippen LogP contribution is 2.45. The second-order valence-electron chi connectivity index (χ2n) is 14.0. The van der Waals surface area contributed by atoms with Crippen LogP contribution in [0.5, 0.6) is 0 Å². The van der Waals surface area contributed by atoms with Crippen molar-refractivity contribution in [1.82, 2.24) is 0 Å². The maximum Gasteiger partial charge on any atom is 0.0361 e. The van der Waals surface area contributed by atoms with Gasteiger partial charge in [-0.15, -0.1) is 11.3 Å². The molecule has 0 radical (unpaired) electrons. The predicted octanol–water partition coefficient (Wildman–Crippen LogP) is 14.9. The highest BCUT2D eigenvalue weighted by Gasteiger charge is 2.17. The largest absolute Gasteiger partial charge is 0.135 e. The zero-order valence-corrected chi connectivity index (χ0v) is 28.4. The maximum absolute atomic E-state index is 2.41. The average Bonchev–Trinajstić information content (AvgIpc) is 3.56. The van der Waals surface area contributed by atoms with Crippen LogP contribution in [0, 0.1) is 0 Å². The lowest BCUT2D eigenvalue weighted by Crippen LogP contribution is -1.89. The van der Waals surface area contributed by atoms with Gasteiger partial charge >= 0.3 is 0 Å². The number of rotatable bonds is 3. The van der Waals surface area contributed by atoms with E-state index >= 15 is 0 Å². The van der Waals surface area contributed by atoms with Gasteiger partial charge in [-0.25, -0.2) is 0 Å². The van der Waals surface area contributed by atoms with Crippen molar-refractivity contribution in [3.63, 3.8) is 0 Å². The topological polar surface area (TPSA) is 0 Å². The van der Waals surface area contributed by atoms with E-state index in [4.69, 9.17) is 0 Å². The summed E-state index contributed by atoms with van der Waals surface area (Å²) in [6.07, 6.45) is 0. The summed E-state index contributed by atoms with van der Waals surface area (Å²) in [5.41, 5.74) is 7.67. The van der Waals surface area contributed by atoms with E-state index in [0.29, 0.717) is 0 Å². The fraction of sp³-hybridized carbons (Fsp3) is 0. The van der Waals surface area contributed by atoms with Gasteiger partial charge in [-0.2, -0.15) is 0 Å². The van der Waals surface area contributed by atoms with E-state index in [2.05, 4.69) is 170 Å². The Kier molecular flexibility index (Phi) is 5.47. The molecule has 0 fully saturated rings. The SMILES string of the molecule is c1ccc(-c2ccc3ccc4c(-c5ccc6c(c5)sc5cc(-c7ccc8ccc9cccc%10ccc7c8c9%10)ccc56)ccc5ccc2c3c54)cc1. The van der Waals surface area contributed by atoms with E-state index in [1.54, 1.807) is 0 Å². The van der Waals surface area contributed by atoms with E-state index in [9.17, 15) is 0 Å². The van der Waals surface area contributed by atoms with Gasteiger partial charge in [0, 0.05) is 20.2 Å². The third-order valence-electron chi connectivity index (χ3n) is 11.4. The highest BCUT2D eigenvalue weighted by atomic mass is 32.1. The van der Waals surface area contributed by atoms with Crippen molar-refractivity contribution in [3.05, 3.63) is 170 Å². The Hall–Kier alpha value is -6.28. The first-order valence-electron chi connectivity index (χ1n) is 17.7. The minimum atomic E-state index is 1.26. The summed E-state index contributed by atoms with van der Waals surface area (Å²) in [4.78, 5) is 0. The monoisotopic (exact) mass is 660 g/mol. The lowest BCUT2D eigenvalue weighted by atomic mass is 9.87. The zero-order valence-electron chi connectivity index (χ0n) is 27.6. The molecule has 0 atom stereocenters. The summed E-state index contributed by atoms with van der Waals surface area (Å²) in [7, 11) is 0. The summed E-state index contributed by atoms with van der Waals surface area (Å²) in [6.45, 7) is 0. The van der Waals surface area contributed by atoms with E-state index in [1.807, 2.05) is 11.3 Å². The van der Waals surface area contributed by atoms with Gasteiger partial charge in [0.25, 0.3) is 0 Å². The van der Waals surface area contributed by atoms with E-state index < -0.39 is 0 Å². The summed E-state index contributed by atoms with van der Waals surface area (Å²) < 4.78 is 2.65. The first-order chi connectivity index (χ1) is 25.3. The van der Waals surface area contributed by atoms with Crippen LogP contribution < -0.4 is 0 Å². The van der Waals surface area contributed by atoms with Gasteiger partial charge in [-0.1, -0.05) is 158 Å². The molecule has 1 heterocycles. The molecule has 234 valence electrons. The van der Waals surface area contributed by atoms with Crippen molar-refractivity contribution in [1.29, 1.82) is 0 Å². The third kappa shape index (κ3) is 3.84. The molecule has 0 aliphatic carbocycles. The standard InChI is InChI=1S/C50H28S/c1-2-5-29(6-3-1)37-19-11-33-16-26-44-39(21-13-34-15-25-42(37)49(33)50(34)44)36-18-23-41-40-22-17-35(27-45(40)51-46(41)28-36)38-20-12-32-10-9-30-7-4-8-31-14-24-43(38)48(32)47(30)31/h1-28H. The second kappa shape index (κ2) is 10.1. The number of fused-ring (bicyclic) bond motifs is 3. The van der Waals surface area contributed by atoms with Crippen molar-refractivity contribution in [2.45, 2.75) is 0 Å². The summed E-state index contributed by atoms with van der Waals surface area (Å²) in [5, 5.41) is 18.5. The van der Waals surface area contributed by atoms with Crippen molar-refractivity contribution in [2.75, 3.05) is 0 Å². The average molecular weight is 661 g/mol. The van der Waals surface area contributed by atoms with Crippen molar-refractivity contribution >= 4 is 96.1 Å². The van der Waals surface area contributed by atoms with Gasteiger partial charge in [0.1, 0.15) is 0 Å². The zero-order chi connectivity index (χ0) is 33.2. The van der Waals surface area contributed by atoms with E-state index in [-0.39, 0.29) is 0 Å². The molecule has 0 N–H and O–H groups in total. The van der Waals surface area contributed by atoms with E-state index in [0.717, 1.165) is 0 Å². The molecule has 0 aliphatic heterocycles. The van der Waals surface area contributed by atoms with Crippen LogP contribution in [0.25, 0.3) is 118 Å². The number of hydrogen-bond acceptors (Lipinski definition) is 1. The molecule has 0 saturated carbocycles. The molecular weight excluding hydrogens is 633 g/mol. The molecule has 51 heavy (non-hydrogen) atoms. The smallest absolute Gasteiger partial charge is 0.0361 e. The highest BCUT2D eigenvalue weighted by molar-refractivity contribution is 7.25. The molecule has 12 aromatic rings. The Balaban J connectivity index is 1.02. The first-order valence-corrected chi connectivity index (χ1v) is 18.5. The Morgan fingerprint density at radius 3 is 1.16 bits per heavy atom. The molecule has 0 nitrogen and oxygen atoms in total. The van der Waals surface area contributed by atoms with Crippen LogP contribution in [-0.4, -0.2) is 0 Å². The first kappa shape index (κ1) is 27.5. The van der Waals surface area contributed by atoms with Gasteiger partial charge in [0.15, 0.2) is 0 Å². The van der Waals surface area contributed by atoms with Gasteiger partial charge < -0.3 is 0 Å². The molecule has 0 aliphatic rings. The number of benzene rings is 11. The van der Waals surface area contributed by atoms with Gasteiger partial charge in [-0.3, -0.25) is 0 Å². The molecule has 0 amide bonds. The normalized spacial score (nSPS) is 12.3. The molecule has 0 bridgehead atoms. The van der Waals surface area contributed by atoms with E-state index in [1.165, 1.54) is 118 Å². The van der Waals surface area contributed by atoms with Crippen LogP contribution >= 0.6 is 11.3 Å². The van der Waals surface area contributed by atoms with Gasteiger partial charge in [-0.05, 0) is 110 Å². The van der Waals surface area contributed by atoms with Crippen LogP contribution in [0.1, 0.15) is 0 Å². The summed E-state index contributed by atoms with van der Waals surface area (Å²) in [5.74, 6) is 0. The van der Waals surface area contributed by atoms with Crippen LogP contribution in [0.2, 0.25) is 0 Å². The van der Waals surface area contributed by atoms with Gasteiger partial charge in [0.05, 0.1) is 0 Å². The van der Waals surface area contributed by atoms with Crippen LogP contribution in [0.3, 0.4) is 0 Å². The summed E-state index contributed by atoms with van der Waals surface area (Å²) in [6, 6.07) is 63.7. The van der Waals surface area contributed by atoms with Gasteiger partial charge in [0.2, 0.25) is 0 Å². The fourth-order valence-electron chi connectivity index (χ4n) is 9.02. The van der Waals surface area contributed by atoms with Crippen LogP contribution in [0.4, 0.5) is 0 Å². The molecule has 11 aromatic carbocycles. The molecule has 0 unspecified atom stereocenters. The number of hydrogen-bond donors (Lipinski definition) is 0. The minimum Gasteiger partial charge on any atom is -0.135 e. The molecule has 1 aromatic heterocycles. The Labute approximate surface area is 298 Å². The van der Waals surface area contributed by atoms with Crippen LogP contribution in [0.15, 0.2) is 170 Å². The second-order valence-corrected chi connectivity index (χ2v) is 15.1. The molecule has 1 heteroatoms. The lowest BCUT2D eigenvalue weighted by molar-refractivity contribution is 1.66.